The van der Waals surface area contributed by atoms with Crippen LogP contribution in [0.4, 0.5) is 0 Å². The van der Waals surface area contributed by atoms with Gasteiger partial charge in [0.05, 0.1) is 5.52 Å². The Kier molecular flexibility index (Phi) is 5.55. The molecule has 0 radical (unpaired) electrons. The number of pyridine rings is 2. The molecule has 4 heteroatoms. The summed E-state index contributed by atoms with van der Waals surface area (Å²) in [7, 11) is 0. The summed E-state index contributed by atoms with van der Waals surface area (Å²) in [6.45, 7) is 0. The molecule has 0 N–H and O–H groups in total. The zero-order chi connectivity index (χ0) is 31.9. The molecule has 0 saturated heterocycles. The van der Waals surface area contributed by atoms with E-state index in [2.05, 4.69) is 66.7 Å². The fraction of sp³-hybridized carbons (Fsp3) is 0. The molecule has 0 aliphatic heterocycles. The van der Waals surface area contributed by atoms with Gasteiger partial charge in [0.2, 0.25) is 0 Å². The van der Waals surface area contributed by atoms with Crippen LogP contribution in [0.25, 0.3) is 93.2 Å². The Labute approximate surface area is 273 Å². The van der Waals surface area contributed by atoms with E-state index in [9.17, 15) is 9.59 Å². The molecule has 48 heavy (non-hydrogen) atoms. The molecule has 4 nitrogen and oxygen atoms in total. The van der Waals surface area contributed by atoms with E-state index in [0.29, 0.717) is 16.3 Å². The van der Waals surface area contributed by atoms with Crippen molar-refractivity contribution in [1.82, 2.24) is 4.40 Å². The number of fused-ring (bicyclic) bond motifs is 7. The molecule has 0 unspecified atom stereocenters. The van der Waals surface area contributed by atoms with Crippen molar-refractivity contribution in [2.75, 3.05) is 0 Å². The summed E-state index contributed by atoms with van der Waals surface area (Å²) >= 11 is 0. The minimum atomic E-state index is -0.305. The second-order valence-corrected chi connectivity index (χ2v) is 12.4. The molecule has 7 aromatic carbocycles. The highest BCUT2D eigenvalue weighted by Gasteiger charge is 2.20. The lowest BCUT2D eigenvalue weighted by molar-refractivity contribution is 0.669. The standard InChI is InChI=1S/C44H25NO3/c46-43-33-18-15-28(26-9-3-1-4-10-26)21-35(33)38-24-31(30-17-20-41-37(23-30)32-13-7-8-14-40(32)48-41)25-39-36-22-29(27-11-5-2-6-12-27)16-19-34(36)44(47)45(43)42(38)39/h1-25H. The summed E-state index contributed by atoms with van der Waals surface area (Å²) in [6, 6.07) is 50.8. The lowest BCUT2D eigenvalue weighted by Gasteiger charge is -2.16. The van der Waals surface area contributed by atoms with Gasteiger partial charge in [-0.25, -0.2) is 4.40 Å². The number of furan rings is 1. The highest BCUT2D eigenvalue weighted by Crippen LogP contribution is 2.39. The third-order valence-electron chi connectivity index (χ3n) is 9.74. The van der Waals surface area contributed by atoms with E-state index in [0.717, 1.165) is 76.9 Å². The monoisotopic (exact) mass is 615 g/mol. The number of nitrogens with zero attached hydrogens (tertiary/aromatic N) is 1. The van der Waals surface area contributed by atoms with Crippen LogP contribution in [0.1, 0.15) is 0 Å². The first kappa shape index (κ1) is 26.7. The third kappa shape index (κ3) is 3.83. The van der Waals surface area contributed by atoms with Gasteiger partial charge >= 0.3 is 0 Å². The Morgan fingerprint density at radius 3 is 1.40 bits per heavy atom. The maximum Gasteiger partial charge on any atom is 0.266 e. The number of para-hydroxylation sites is 1. The van der Waals surface area contributed by atoms with Crippen LogP contribution in [0.3, 0.4) is 0 Å². The molecule has 0 atom stereocenters. The molecular formula is C44H25NO3. The third-order valence-corrected chi connectivity index (χ3v) is 9.74. The summed E-state index contributed by atoms with van der Waals surface area (Å²) < 4.78 is 7.53. The summed E-state index contributed by atoms with van der Waals surface area (Å²) in [5, 5.41) is 6.49. The molecule has 0 saturated carbocycles. The van der Waals surface area contributed by atoms with Crippen molar-refractivity contribution in [2.45, 2.75) is 0 Å². The smallest absolute Gasteiger partial charge is 0.266 e. The lowest BCUT2D eigenvalue weighted by atomic mass is 9.92. The van der Waals surface area contributed by atoms with Gasteiger partial charge < -0.3 is 4.42 Å². The molecule has 3 heterocycles. The van der Waals surface area contributed by atoms with E-state index in [-0.39, 0.29) is 11.1 Å². The lowest BCUT2D eigenvalue weighted by Crippen LogP contribution is -2.27. The van der Waals surface area contributed by atoms with Gasteiger partial charge in [-0.3, -0.25) is 9.59 Å². The van der Waals surface area contributed by atoms with Crippen molar-refractivity contribution < 1.29 is 4.42 Å². The van der Waals surface area contributed by atoms with Gasteiger partial charge in [-0.2, -0.15) is 0 Å². The van der Waals surface area contributed by atoms with Gasteiger partial charge in [-0.05, 0) is 98.8 Å². The molecule has 0 fully saturated rings. The Hall–Kier alpha value is -6.52. The topological polar surface area (TPSA) is 51.7 Å². The minimum absolute atomic E-state index is 0.305. The van der Waals surface area contributed by atoms with Crippen LogP contribution in [-0.2, 0) is 0 Å². The Balaban J connectivity index is 1.37. The van der Waals surface area contributed by atoms with Crippen molar-refractivity contribution in [1.29, 1.82) is 0 Å². The van der Waals surface area contributed by atoms with Crippen LogP contribution < -0.4 is 11.1 Å². The highest BCUT2D eigenvalue weighted by molar-refractivity contribution is 6.20. The van der Waals surface area contributed by atoms with Gasteiger partial charge in [0.15, 0.2) is 0 Å². The summed E-state index contributed by atoms with van der Waals surface area (Å²) in [6.07, 6.45) is 0. The molecule has 10 aromatic rings. The van der Waals surface area contributed by atoms with E-state index in [4.69, 9.17) is 4.42 Å². The van der Waals surface area contributed by atoms with Crippen molar-refractivity contribution in [3.63, 3.8) is 0 Å². The maximum absolute atomic E-state index is 14.2. The predicted octanol–water partition coefficient (Wildman–Crippen LogP) is 10.5. The van der Waals surface area contributed by atoms with Crippen LogP contribution in [0.2, 0.25) is 0 Å². The largest absolute Gasteiger partial charge is 0.456 e. The van der Waals surface area contributed by atoms with Crippen molar-refractivity contribution in [3.05, 3.63) is 172 Å². The molecule has 3 aromatic heterocycles. The summed E-state index contributed by atoms with van der Waals surface area (Å²) in [5.41, 5.74) is 7.86. The summed E-state index contributed by atoms with van der Waals surface area (Å²) in [5.74, 6) is 0. The average Bonchev–Trinajstić information content (AvgIpc) is 3.53. The van der Waals surface area contributed by atoms with E-state index >= 15 is 0 Å². The van der Waals surface area contributed by atoms with E-state index in [1.807, 2.05) is 84.9 Å². The van der Waals surface area contributed by atoms with Gasteiger partial charge in [-0.15, -0.1) is 0 Å². The quantitative estimate of drug-likeness (QED) is 0.147. The van der Waals surface area contributed by atoms with E-state index in [1.165, 1.54) is 4.40 Å². The first-order chi connectivity index (χ1) is 23.6. The fourth-order valence-corrected chi connectivity index (χ4v) is 7.42. The number of aromatic nitrogens is 1. The Morgan fingerprint density at radius 2 is 0.792 bits per heavy atom. The SMILES string of the molecule is O=c1c2ccc(-c3ccccc3)cc2c2cc(-c3ccc4oc5ccccc5c4c3)cc3c4cc(-c5ccccc5)ccc4c(=O)n1c23. The van der Waals surface area contributed by atoms with Crippen LogP contribution >= 0.6 is 0 Å². The first-order valence-corrected chi connectivity index (χ1v) is 16.0. The number of hydrogen-bond acceptors (Lipinski definition) is 3. The number of hydrogen-bond donors (Lipinski definition) is 0. The second-order valence-electron chi connectivity index (χ2n) is 12.4. The zero-order valence-electron chi connectivity index (χ0n) is 25.6. The molecular weight excluding hydrogens is 590 g/mol. The van der Waals surface area contributed by atoms with Crippen LogP contribution in [0, 0.1) is 0 Å². The van der Waals surface area contributed by atoms with Crippen LogP contribution in [-0.4, -0.2) is 4.40 Å². The molecule has 0 aliphatic rings. The zero-order valence-corrected chi connectivity index (χ0v) is 25.6. The molecule has 0 spiro atoms. The molecule has 0 bridgehead atoms. The molecule has 0 amide bonds. The molecule has 10 rings (SSSR count). The van der Waals surface area contributed by atoms with Crippen molar-refractivity contribution in [3.8, 4) is 33.4 Å². The maximum atomic E-state index is 14.2. The van der Waals surface area contributed by atoms with Gasteiger partial charge in [-0.1, -0.05) is 97.1 Å². The fourth-order valence-electron chi connectivity index (χ4n) is 7.42. The van der Waals surface area contributed by atoms with E-state index < -0.39 is 0 Å². The van der Waals surface area contributed by atoms with E-state index in [1.54, 1.807) is 0 Å². The number of benzene rings is 7. The van der Waals surface area contributed by atoms with Crippen LogP contribution in [0.5, 0.6) is 0 Å². The Bertz CT molecular complexity index is 2880. The normalized spacial score (nSPS) is 11.9. The van der Waals surface area contributed by atoms with Gasteiger partial charge in [0.25, 0.3) is 11.1 Å². The molecule has 224 valence electrons. The van der Waals surface area contributed by atoms with Crippen molar-refractivity contribution >= 4 is 59.8 Å². The Morgan fingerprint density at radius 1 is 0.333 bits per heavy atom. The summed E-state index contributed by atoms with van der Waals surface area (Å²) in [4.78, 5) is 28.5. The average molecular weight is 616 g/mol. The molecule has 0 aliphatic carbocycles. The van der Waals surface area contributed by atoms with Gasteiger partial charge in [0.1, 0.15) is 11.2 Å². The van der Waals surface area contributed by atoms with Crippen molar-refractivity contribution in [2.24, 2.45) is 0 Å². The second kappa shape index (κ2) is 9.99. The van der Waals surface area contributed by atoms with Gasteiger partial charge in [0, 0.05) is 32.3 Å². The van der Waals surface area contributed by atoms with Crippen LogP contribution in [0.15, 0.2) is 166 Å². The highest BCUT2D eigenvalue weighted by atomic mass is 16.3. The number of rotatable bonds is 3. The minimum Gasteiger partial charge on any atom is -0.456 e. The predicted molar refractivity (Wildman–Crippen MR) is 197 cm³/mol. The first-order valence-electron chi connectivity index (χ1n) is 16.0.